The van der Waals surface area contributed by atoms with Gasteiger partial charge in [0.15, 0.2) is 5.25 Å². The van der Waals surface area contributed by atoms with E-state index in [9.17, 15) is 21.6 Å². The first-order valence-electron chi connectivity index (χ1n) is 4.89. The van der Waals surface area contributed by atoms with E-state index in [0.29, 0.717) is 0 Å². The summed E-state index contributed by atoms with van der Waals surface area (Å²) in [6, 6.07) is 5.03. The maximum absolute atomic E-state index is 12.8. The van der Waals surface area contributed by atoms with Gasteiger partial charge in [-0.3, -0.25) is 0 Å². The van der Waals surface area contributed by atoms with Gasteiger partial charge < -0.3 is 4.74 Å². The van der Waals surface area contributed by atoms with Crippen LogP contribution in [-0.4, -0.2) is 21.2 Å². The van der Waals surface area contributed by atoms with Gasteiger partial charge in [0, 0.05) is 16.2 Å². The highest BCUT2D eigenvalue weighted by atomic mass is 35.7. The van der Waals surface area contributed by atoms with Gasteiger partial charge in [-0.2, -0.15) is 13.2 Å². The van der Waals surface area contributed by atoms with Crippen LogP contribution in [0.25, 0.3) is 0 Å². The molecule has 0 aliphatic carbocycles. The summed E-state index contributed by atoms with van der Waals surface area (Å²) in [6.07, 6.45) is -5.01. The average molecular weight is 303 g/mol. The first-order valence-corrected chi connectivity index (χ1v) is 7.27. The van der Waals surface area contributed by atoms with Crippen LogP contribution in [-0.2, 0) is 9.05 Å². The molecule has 0 aliphatic rings. The summed E-state index contributed by atoms with van der Waals surface area (Å²) in [4.78, 5) is 0. The summed E-state index contributed by atoms with van der Waals surface area (Å²) in [6.45, 7) is 1.69. The second kappa shape index (κ2) is 5.36. The molecule has 1 atom stereocenters. The molecular weight excluding hydrogens is 293 g/mol. The Hall–Kier alpha value is -0.950. The topological polar surface area (TPSA) is 43.4 Å². The number of ether oxygens (including phenoxy) is 1. The molecule has 0 radical (unpaired) electrons. The lowest BCUT2D eigenvalue weighted by atomic mass is 10.1. The molecule has 18 heavy (non-hydrogen) atoms. The normalized spacial score (nSPS) is 14.3. The number of hydrogen-bond acceptors (Lipinski definition) is 3. The Bertz CT molecular complexity index is 513. The van der Waals surface area contributed by atoms with Crippen molar-refractivity contribution in [2.75, 3.05) is 6.61 Å². The van der Waals surface area contributed by atoms with Crippen LogP contribution < -0.4 is 4.74 Å². The molecule has 0 N–H and O–H groups in total. The van der Waals surface area contributed by atoms with Gasteiger partial charge in [0.05, 0.1) is 6.61 Å². The van der Waals surface area contributed by atoms with Gasteiger partial charge in [-0.25, -0.2) is 8.42 Å². The number of rotatable bonds is 4. The summed E-state index contributed by atoms with van der Waals surface area (Å²) in [7, 11) is 0.0379. The number of halogens is 4. The van der Waals surface area contributed by atoms with Crippen molar-refractivity contribution in [1.29, 1.82) is 0 Å². The smallest absolute Gasteiger partial charge is 0.410 e. The Labute approximate surface area is 107 Å². The Kier molecular flexibility index (Phi) is 4.50. The van der Waals surface area contributed by atoms with Gasteiger partial charge in [0.2, 0.25) is 9.05 Å². The Morgan fingerprint density at radius 3 is 2.33 bits per heavy atom. The summed E-state index contributed by atoms with van der Waals surface area (Å²) < 4.78 is 65.6. The van der Waals surface area contributed by atoms with Gasteiger partial charge in [0.1, 0.15) is 5.75 Å². The van der Waals surface area contributed by atoms with Crippen LogP contribution in [0.4, 0.5) is 13.2 Å². The second-order valence-electron chi connectivity index (χ2n) is 3.37. The molecule has 0 saturated heterocycles. The van der Waals surface area contributed by atoms with E-state index in [4.69, 9.17) is 15.4 Å². The minimum Gasteiger partial charge on any atom is -0.494 e. The lowest BCUT2D eigenvalue weighted by Gasteiger charge is -2.20. The molecule has 0 spiro atoms. The van der Waals surface area contributed by atoms with Gasteiger partial charge in [-0.05, 0) is 13.0 Å². The fourth-order valence-electron chi connectivity index (χ4n) is 1.47. The van der Waals surface area contributed by atoms with Crippen LogP contribution >= 0.6 is 10.7 Å². The maximum Gasteiger partial charge on any atom is 0.410 e. The predicted molar refractivity (Wildman–Crippen MR) is 61.2 cm³/mol. The highest BCUT2D eigenvalue weighted by Crippen LogP contribution is 2.44. The van der Waals surface area contributed by atoms with Crippen molar-refractivity contribution >= 4 is 19.7 Å². The van der Waals surface area contributed by atoms with Crippen molar-refractivity contribution in [1.82, 2.24) is 0 Å². The molecule has 0 aliphatic heterocycles. The van der Waals surface area contributed by atoms with Gasteiger partial charge in [-0.15, -0.1) is 0 Å². The fraction of sp³-hybridized carbons (Fsp3) is 0.400. The molecule has 102 valence electrons. The number of hydrogen-bond donors (Lipinski definition) is 0. The largest absolute Gasteiger partial charge is 0.494 e. The predicted octanol–water partition coefficient (Wildman–Crippen LogP) is 3.26. The molecule has 1 aromatic rings. The van der Waals surface area contributed by atoms with E-state index < -0.39 is 26.0 Å². The number of benzene rings is 1. The lowest BCUT2D eigenvalue weighted by molar-refractivity contribution is -0.131. The molecular formula is C10H10ClF3O3S. The number of para-hydroxylation sites is 1. The zero-order valence-corrected chi connectivity index (χ0v) is 10.8. The monoisotopic (exact) mass is 302 g/mol. The van der Waals surface area contributed by atoms with Crippen molar-refractivity contribution in [3.63, 3.8) is 0 Å². The third-order valence-corrected chi connectivity index (χ3v) is 3.70. The zero-order chi connectivity index (χ0) is 14.0. The van der Waals surface area contributed by atoms with Crippen molar-refractivity contribution in [2.24, 2.45) is 0 Å². The summed E-state index contributed by atoms with van der Waals surface area (Å²) in [5.74, 6) is -0.147. The van der Waals surface area contributed by atoms with Crippen molar-refractivity contribution in [3.8, 4) is 5.75 Å². The molecule has 0 heterocycles. The molecule has 1 rings (SSSR count). The molecule has 8 heteroatoms. The molecule has 0 amide bonds. The minimum atomic E-state index is -5.01. The van der Waals surface area contributed by atoms with Gasteiger partial charge in [-0.1, -0.05) is 18.2 Å². The minimum absolute atomic E-state index is 0.115. The summed E-state index contributed by atoms with van der Waals surface area (Å²) in [5, 5.41) is -2.80. The van der Waals surface area contributed by atoms with Gasteiger partial charge >= 0.3 is 6.18 Å². The Morgan fingerprint density at radius 2 is 1.89 bits per heavy atom. The molecule has 1 aromatic carbocycles. The molecule has 0 fully saturated rings. The van der Waals surface area contributed by atoms with Crippen molar-refractivity contribution < 1.29 is 26.3 Å². The third kappa shape index (κ3) is 3.52. The molecule has 0 aromatic heterocycles. The average Bonchev–Trinajstić information content (AvgIpc) is 2.17. The van der Waals surface area contributed by atoms with Crippen molar-refractivity contribution in [2.45, 2.75) is 18.3 Å². The Balaban J connectivity index is 3.40. The van der Waals surface area contributed by atoms with Crippen LogP contribution in [0.1, 0.15) is 17.7 Å². The summed E-state index contributed by atoms with van der Waals surface area (Å²) >= 11 is 0. The quantitative estimate of drug-likeness (QED) is 0.802. The van der Waals surface area contributed by atoms with E-state index in [1.165, 1.54) is 18.2 Å². The highest BCUT2D eigenvalue weighted by Gasteiger charge is 2.50. The van der Waals surface area contributed by atoms with E-state index in [1.807, 2.05) is 0 Å². The SMILES string of the molecule is CCOc1ccccc1C(C(F)(F)F)S(=O)(=O)Cl. The number of alkyl halides is 3. The summed E-state index contributed by atoms with van der Waals surface area (Å²) in [5.41, 5.74) is -0.512. The van der Waals surface area contributed by atoms with Crippen molar-refractivity contribution in [3.05, 3.63) is 29.8 Å². The lowest BCUT2D eigenvalue weighted by Crippen LogP contribution is -2.26. The third-order valence-electron chi connectivity index (χ3n) is 2.08. The van der Waals surface area contributed by atoms with E-state index in [-0.39, 0.29) is 12.4 Å². The van der Waals surface area contributed by atoms with Crippen LogP contribution in [0.3, 0.4) is 0 Å². The Morgan fingerprint density at radius 1 is 1.33 bits per heavy atom. The van der Waals surface area contributed by atoms with E-state index >= 15 is 0 Å². The molecule has 0 saturated carbocycles. The van der Waals surface area contributed by atoms with Crippen LogP contribution in [0.5, 0.6) is 5.75 Å². The molecule has 0 bridgehead atoms. The first kappa shape index (κ1) is 15.1. The van der Waals surface area contributed by atoms with E-state index in [0.717, 1.165) is 6.07 Å². The van der Waals surface area contributed by atoms with E-state index in [2.05, 4.69) is 0 Å². The van der Waals surface area contributed by atoms with Gasteiger partial charge in [0.25, 0.3) is 0 Å². The highest BCUT2D eigenvalue weighted by molar-refractivity contribution is 8.14. The van der Waals surface area contributed by atoms with Crippen LogP contribution in [0.2, 0.25) is 0 Å². The standard InChI is InChI=1S/C10H10ClF3O3S/c1-2-17-8-6-4-3-5-7(8)9(10(12,13)14)18(11,15)16/h3-6,9H,2H2,1H3. The second-order valence-corrected chi connectivity index (χ2v) is 6.08. The van der Waals surface area contributed by atoms with Crippen LogP contribution in [0.15, 0.2) is 24.3 Å². The fourth-order valence-corrected chi connectivity index (χ4v) is 2.88. The van der Waals surface area contributed by atoms with Crippen LogP contribution in [0, 0.1) is 0 Å². The zero-order valence-electron chi connectivity index (χ0n) is 9.24. The first-order chi connectivity index (χ1) is 8.18. The van der Waals surface area contributed by atoms with E-state index in [1.54, 1.807) is 6.92 Å². The molecule has 3 nitrogen and oxygen atoms in total. The maximum atomic E-state index is 12.8. The molecule has 1 unspecified atom stereocenters.